The summed E-state index contributed by atoms with van der Waals surface area (Å²) in [4.78, 5) is 6.51. The molecule has 2 fully saturated rings. The molecule has 1 aromatic rings. The molecule has 0 bridgehead atoms. The quantitative estimate of drug-likeness (QED) is 0.754. The molecule has 2 unspecified atom stereocenters. The van der Waals surface area contributed by atoms with Crippen molar-refractivity contribution in [3.05, 3.63) is 23.6 Å². The lowest BCUT2D eigenvalue weighted by Crippen LogP contribution is -2.23. The summed E-state index contributed by atoms with van der Waals surface area (Å²) in [6.45, 7) is 2.13. The Labute approximate surface area is 106 Å². The molecule has 0 radical (unpaired) electrons. The molecule has 0 N–H and O–H groups in total. The summed E-state index contributed by atoms with van der Waals surface area (Å²) >= 11 is 5.87. The highest BCUT2D eigenvalue weighted by Crippen LogP contribution is 2.39. The maximum atomic E-state index is 13.1. The van der Waals surface area contributed by atoms with Crippen LogP contribution in [0.5, 0.6) is 0 Å². The van der Waals surface area contributed by atoms with Gasteiger partial charge in [0.1, 0.15) is 11.6 Å². The number of rotatable bonds is 2. The Morgan fingerprint density at radius 1 is 1.35 bits per heavy atom. The van der Waals surface area contributed by atoms with Gasteiger partial charge in [-0.15, -0.1) is 11.6 Å². The van der Waals surface area contributed by atoms with Gasteiger partial charge in [0.05, 0.1) is 12.1 Å². The highest BCUT2D eigenvalue weighted by Gasteiger charge is 2.37. The lowest BCUT2D eigenvalue weighted by Gasteiger charge is -2.20. The zero-order valence-electron chi connectivity index (χ0n) is 9.70. The largest absolute Gasteiger partial charge is 0.356 e. The molecule has 3 rings (SSSR count). The van der Waals surface area contributed by atoms with E-state index in [1.54, 1.807) is 0 Å². The summed E-state index contributed by atoms with van der Waals surface area (Å²) in [7, 11) is 0. The smallest absolute Gasteiger partial charge is 0.141 e. The molecule has 0 aromatic carbocycles. The zero-order valence-corrected chi connectivity index (χ0v) is 10.5. The first-order valence-corrected chi connectivity index (χ1v) is 6.76. The van der Waals surface area contributed by atoms with Crippen molar-refractivity contribution in [2.24, 2.45) is 11.8 Å². The highest BCUT2D eigenvalue weighted by atomic mass is 35.5. The van der Waals surface area contributed by atoms with Crippen LogP contribution in [0.15, 0.2) is 12.3 Å². The van der Waals surface area contributed by atoms with Crippen molar-refractivity contribution >= 4 is 17.4 Å². The Morgan fingerprint density at radius 2 is 2.06 bits per heavy atom. The second-order valence-corrected chi connectivity index (χ2v) is 5.39. The van der Waals surface area contributed by atoms with E-state index >= 15 is 0 Å². The van der Waals surface area contributed by atoms with Gasteiger partial charge in [-0.2, -0.15) is 0 Å². The first-order valence-electron chi connectivity index (χ1n) is 6.23. The molecule has 92 valence electrons. The molecule has 1 aromatic heterocycles. The molecule has 1 aliphatic carbocycles. The predicted molar refractivity (Wildman–Crippen MR) is 66.8 cm³/mol. The van der Waals surface area contributed by atoms with Gasteiger partial charge >= 0.3 is 0 Å². The number of hydrogen-bond acceptors (Lipinski definition) is 2. The van der Waals surface area contributed by atoms with Gasteiger partial charge in [0.15, 0.2) is 0 Å². The lowest BCUT2D eigenvalue weighted by molar-refractivity contribution is 0.494. The summed E-state index contributed by atoms with van der Waals surface area (Å²) in [5, 5.41) is 0. The first kappa shape index (κ1) is 11.3. The SMILES string of the molecule is Fc1cnc(N2CC3CCCC3C2)c(CCl)c1. The molecule has 17 heavy (non-hydrogen) atoms. The van der Waals surface area contributed by atoms with E-state index in [1.807, 2.05) is 0 Å². The minimum absolute atomic E-state index is 0.302. The van der Waals surface area contributed by atoms with E-state index in [1.165, 1.54) is 31.5 Å². The third-order valence-electron chi connectivity index (χ3n) is 4.08. The maximum Gasteiger partial charge on any atom is 0.141 e. The summed E-state index contributed by atoms with van der Waals surface area (Å²) in [6, 6.07) is 1.50. The van der Waals surface area contributed by atoms with E-state index in [9.17, 15) is 4.39 Å². The van der Waals surface area contributed by atoms with Gasteiger partial charge in [0.2, 0.25) is 0 Å². The van der Waals surface area contributed by atoms with Gasteiger partial charge in [-0.05, 0) is 30.7 Å². The first-order chi connectivity index (χ1) is 8.28. The standard InChI is InChI=1S/C13H16ClFN2/c14-5-11-4-12(15)6-16-13(11)17-7-9-2-1-3-10(9)8-17/h4,6,9-10H,1-3,5,7-8H2. The van der Waals surface area contributed by atoms with Gasteiger partial charge in [0, 0.05) is 18.7 Å². The molecule has 1 saturated carbocycles. The molecule has 1 aliphatic heterocycles. The van der Waals surface area contributed by atoms with Crippen LogP contribution >= 0.6 is 11.6 Å². The molecule has 0 amide bonds. The van der Waals surface area contributed by atoms with Crippen LogP contribution in [-0.2, 0) is 5.88 Å². The van der Waals surface area contributed by atoms with Crippen LogP contribution in [0, 0.1) is 17.7 Å². The van der Waals surface area contributed by atoms with Gasteiger partial charge < -0.3 is 4.90 Å². The third kappa shape index (κ3) is 2.01. The van der Waals surface area contributed by atoms with E-state index < -0.39 is 0 Å². The molecule has 2 heterocycles. The van der Waals surface area contributed by atoms with E-state index in [2.05, 4.69) is 9.88 Å². The van der Waals surface area contributed by atoms with Crippen LogP contribution in [0.1, 0.15) is 24.8 Å². The van der Waals surface area contributed by atoms with Crippen molar-refractivity contribution in [3.63, 3.8) is 0 Å². The molecular weight excluding hydrogens is 239 g/mol. The number of aromatic nitrogens is 1. The molecule has 2 nitrogen and oxygen atoms in total. The van der Waals surface area contributed by atoms with E-state index in [0.717, 1.165) is 36.3 Å². The summed E-state index contributed by atoms with van der Waals surface area (Å²) in [6.07, 6.45) is 5.32. The van der Waals surface area contributed by atoms with Crippen LogP contribution in [0.4, 0.5) is 10.2 Å². The van der Waals surface area contributed by atoms with Crippen molar-refractivity contribution in [2.45, 2.75) is 25.1 Å². The summed E-state index contributed by atoms with van der Waals surface area (Å²) in [5.74, 6) is 2.53. The molecule has 1 saturated heterocycles. The second kappa shape index (κ2) is 4.45. The normalized spacial score (nSPS) is 27.5. The van der Waals surface area contributed by atoms with Gasteiger partial charge in [0.25, 0.3) is 0 Å². The molecule has 2 aliphatic rings. The molecule has 0 spiro atoms. The number of pyridine rings is 1. The Hall–Kier alpha value is -0.830. The monoisotopic (exact) mass is 254 g/mol. The molecular formula is C13H16ClFN2. The summed E-state index contributed by atoms with van der Waals surface area (Å²) in [5.41, 5.74) is 0.812. The minimum Gasteiger partial charge on any atom is -0.356 e. The minimum atomic E-state index is -0.302. The second-order valence-electron chi connectivity index (χ2n) is 5.13. The number of nitrogens with zero attached hydrogens (tertiary/aromatic N) is 2. The number of anilines is 1. The Balaban J connectivity index is 1.85. The van der Waals surface area contributed by atoms with Gasteiger partial charge in [-0.25, -0.2) is 9.37 Å². The number of hydrogen-bond donors (Lipinski definition) is 0. The fourth-order valence-electron chi connectivity index (χ4n) is 3.27. The van der Waals surface area contributed by atoms with E-state index in [-0.39, 0.29) is 5.82 Å². The van der Waals surface area contributed by atoms with Crippen molar-refractivity contribution < 1.29 is 4.39 Å². The van der Waals surface area contributed by atoms with Crippen LogP contribution in [-0.4, -0.2) is 18.1 Å². The van der Waals surface area contributed by atoms with Crippen molar-refractivity contribution in [1.29, 1.82) is 0 Å². The average molecular weight is 255 g/mol. The number of halogens is 2. The highest BCUT2D eigenvalue weighted by molar-refractivity contribution is 6.17. The topological polar surface area (TPSA) is 16.1 Å². The molecule has 2 atom stereocenters. The Bertz CT molecular complexity index is 412. The van der Waals surface area contributed by atoms with Crippen LogP contribution in [0.2, 0.25) is 0 Å². The lowest BCUT2D eigenvalue weighted by atomic mass is 10.0. The van der Waals surface area contributed by atoms with Gasteiger partial charge in [-0.3, -0.25) is 0 Å². The van der Waals surface area contributed by atoms with Crippen molar-refractivity contribution in [1.82, 2.24) is 4.98 Å². The van der Waals surface area contributed by atoms with Crippen LogP contribution < -0.4 is 4.90 Å². The van der Waals surface area contributed by atoms with Crippen molar-refractivity contribution in [2.75, 3.05) is 18.0 Å². The van der Waals surface area contributed by atoms with E-state index in [4.69, 9.17) is 11.6 Å². The average Bonchev–Trinajstić information content (AvgIpc) is 2.89. The fraction of sp³-hybridized carbons (Fsp3) is 0.615. The Morgan fingerprint density at radius 3 is 2.71 bits per heavy atom. The predicted octanol–water partition coefficient (Wildman–Crippen LogP) is 3.20. The molecule has 4 heteroatoms. The summed E-state index contributed by atoms with van der Waals surface area (Å²) < 4.78 is 13.1. The van der Waals surface area contributed by atoms with Gasteiger partial charge in [-0.1, -0.05) is 6.42 Å². The van der Waals surface area contributed by atoms with Crippen molar-refractivity contribution in [3.8, 4) is 0 Å². The number of alkyl halides is 1. The number of fused-ring (bicyclic) bond motifs is 1. The van der Waals surface area contributed by atoms with E-state index in [0.29, 0.717) is 5.88 Å². The fourth-order valence-corrected chi connectivity index (χ4v) is 3.46. The van der Waals surface area contributed by atoms with Crippen LogP contribution in [0.3, 0.4) is 0 Å². The zero-order chi connectivity index (χ0) is 11.8. The Kier molecular flexibility index (Phi) is 2.95. The van der Waals surface area contributed by atoms with Crippen LogP contribution in [0.25, 0.3) is 0 Å². The maximum absolute atomic E-state index is 13.1. The third-order valence-corrected chi connectivity index (χ3v) is 4.37.